The minimum atomic E-state index is -2.81. The highest BCUT2D eigenvalue weighted by molar-refractivity contribution is 6.11. The van der Waals surface area contributed by atoms with Gasteiger partial charge in [-0.1, -0.05) is 6.92 Å². The molecule has 2 bridgehead atoms. The summed E-state index contributed by atoms with van der Waals surface area (Å²) in [4.78, 5) is 20.2. The van der Waals surface area contributed by atoms with Crippen LogP contribution >= 0.6 is 0 Å². The Morgan fingerprint density at radius 3 is 2.74 bits per heavy atom. The quantitative estimate of drug-likeness (QED) is 0.582. The number of hydrogen-bond donors (Lipinski definition) is 1. The van der Waals surface area contributed by atoms with E-state index in [1.807, 2.05) is 6.07 Å². The lowest BCUT2D eigenvalue weighted by molar-refractivity contribution is 0.0988. The first-order chi connectivity index (χ1) is 17.0. The molecule has 9 nitrogen and oxygen atoms in total. The molecule has 0 aromatic carbocycles. The third-order valence-corrected chi connectivity index (χ3v) is 7.48. The van der Waals surface area contributed by atoms with Gasteiger partial charge >= 0.3 is 0 Å². The van der Waals surface area contributed by atoms with E-state index < -0.39 is 18.0 Å². The summed E-state index contributed by atoms with van der Waals surface area (Å²) in [5, 5.41) is 14.8. The molecule has 6 rings (SSSR count). The molecular weight excluding hydrogens is 456 g/mol. The standard InChI is InChI=1S/C24H27F2N7O2/c1-13-2-4-14(5-3-13)33-11-19(22(31-33)23(25)26)28-24(34)17-9-27-30-18-6-7-20(29-21(17)18)32-10-16-8-15(32)12-35-16/h6-7,9,11,13-16,23H,2-5,8,10,12H2,1H3,(H,28,34)/t13?,14?,15?,16-/m1/s1. The van der Waals surface area contributed by atoms with E-state index in [-0.39, 0.29) is 29.4 Å². The normalized spacial score (nSPS) is 26.1. The number of hydrogen-bond acceptors (Lipinski definition) is 7. The average Bonchev–Trinajstić information content (AvgIpc) is 3.60. The summed E-state index contributed by atoms with van der Waals surface area (Å²) >= 11 is 0. The minimum Gasteiger partial charge on any atom is -0.374 e. The number of amides is 1. The maximum Gasteiger partial charge on any atom is 0.284 e. The molecule has 3 aliphatic rings. The number of ether oxygens (including phenoxy) is 1. The molecule has 5 heterocycles. The molecule has 3 fully saturated rings. The van der Waals surface area contributed by atoms with E-state index in [1.54, 1.807) is 10.7 Å². The minimum absolute atomic E-state index is 0.0127. The van der Waals surface area contributed by atoms with E-state index in [2.05, 4.69) is 32.4 Å². The van der Waals surface area contributed by atoms with Crippen LogP contribution in [-0.4, -0.2) is 56.2 Å². The van der Waals surface area contributed by atoms with Crippen molar-refractivity contribution in [3.05, 3.63) is 35.8 Å². The second kappa shape index (κ2) is 8.78. The Kier molecular flexibility index (Phi) is 5.58. The first kappa shape index (κ1) is 22.3. The van der Waals surface area contributed by atoms with Crippen LogP contribution < -0.4 is 10.2 Å². The van der Waals surface area contributed by atoms with E-state index in [1.165, 1.54) is 12.4 Å². The summed E-state index contributed by atoms with van der Waals surface area (Å²) in [5.41, 5.74) is 0.606. The Morgan fingerprint density at radius 1 is 1.20 bits per heavy atom. The molecule has 1 unspecified atom stereocenters. The molecule has 11 heteroatoms. The molecule has 1 amide bonds. The molecular formula is C24H27F2N7O2. The number of carbonyl (C=O) groups is 1. The van der Waals surface area contributed by atoms with Gasteiger partial charge in [0.25, 0.3) is 12.3 Å². The molecule has 3 aromatic heterocycles. The Balaban J connectivity index is 1.29. The van der Waals surface area contributed by atoms with Gasteiger partial charge in [0.05, 0.1) is 42.2 Å². The van der Waals surface area contributed by atoms with Crippen LogP contribution in [0.15, 0.2) is 24.5 Å². The van der Waals surface area contributed by atoms with Crippen molar-refractivity contribution in [1.82, 2.24) is 25.0 Å². The second-order valence-corrected chi connectivity index (χ2v) is 9.87. The average molecular weight is 484 g/mol. The number of aromatic nitrogens is 5. The highest BCUT2D eigenvalue weighted by atomic mass is 19.3. The Labute approximate surface area is 200 Å². The van der Waals surface area contributed by atoms with Crippen molar-refractivity contribution in [2.45, 2.75) is 63.6 Å². The van der Waals surface area contributed by atoms with Gasteiger partial charge in [-0.3, -0.25) is 9.48 Å². The molecule has 2 atom stereocenters. The lowest BCUT2D eigenvalue weighted by Gasteiger charge is -2.28. The van der Waals surface area contributed by atoms with E-state index >= 15 is 0 Å². The van der Waals surface area contributed by atoms with Crippen molar-refractivity contribution in [3.63, 3.8) is 0 Å². The van der Waals surface area contributed by atoms with Crippen LogP contribution in [0.3, 0.4) is 0 Å². The van der Waals surface area contributed by atoms with Crippen LogP contribution in [0, 0.1) is 5.92 Å². The van der Waals surface area contributed by atoms with Crippen molar-refractivity contribution in [1.29, 1.82) is 0 Å². The summed E-state index contributed by atoms with van der Waals surface area (Å²) in [5.74, 6) is 0.797. The first-order valence-electron chi connectivity index (χ1n) is 12.2. The highest BCUT2D eigenvalue weighted by Crippen LogP contribution is 2.35. The van der Waals surface area contributed by atoms with Crippen LogP contribution in [-0.2, 0) is 4.74 Å². The van der Waals surface area contributed by atoms with Gasteiger partial charge in [-0.25, -0.2) is 13.8 Å². The zero-order valence-electron chi connectivity index (χ0n) is 19.4. The molecule has 1 N–H and O–H groups in total. The van der Waals surface area contributed by atoms with Crippen molar-refractivity contribution in [2.24, 2.45) is 5.92 Å². The predicted octanol–water partition coefficient (Wildman–Crippen LogP) is 4.14. The molecule has 3 aromatic rings. The second-order valence-electron chi connectivity index (χ2n) is 9.87. The summed E-state index contributed by atoms with van der Waals surface area (Å²) in [6.07, 6.45) is 5.03. The summed E-state index contributed by atoms with van der Waals surface area (Å²) in [6.45, 7) is 3.61. The number of morpholine rings is 1. The number of anilines is 2. The topological polar surface area (TPSA) is 98.1 Å². The van der Waals surface area contributed by atoms with Crippen LogP contribution in [0.25, 0.3) is 11.0 Å². The van der Waals surface area contributed by atoms with Crippen LogP contribution in [0.5, 0.6) is 0 Å². The zero-order valence-corrected chi connectivity index (χ0v) is 19.4. The third kappa shape index (κ3) is 4.11. The number of nitrogens with zero attached hydrogens (tertiary/aromatic N) is 6. The van der Waals surface area contributed by atoms with Crippen LogP contribution in [0.1, 0.15) is 67.5 Å². The van der Waals surface area contributed by atoms with E-state index in [4.69, 9.17) is 9.72 Å². The number of carbonyl (C=O) groups excluding carboxylic acids is 1. The van der Waals surface area contributed by atoms with Crippen molar-refractivity contribution < 1.29 is 18.3 Å². The first-order valence-corrected chi connectivity index (χ1v) is 12.2. The van der Waals surface area contributed by atoms with Crippen LogP contribution in [0.2, 0.25) is 0 Å². The van der Waals surface area contributed by atoms with Gasteiger partial charge in [-0.15, -0.1) is 5.10 Å². The Hall–Kier alpha value is -3.21. The molecule has 0 radical (unpaired) electrons. The zero-order chi connectivity index (χ0) is 24.1. The lowest BCUT2D eigenvalue weighted by Crippen LogP contribution is -2.37. The smallest absolute Gasteiger partial charge is 0.284 e. The third-order valence-electron chi connectivity index (χ3n) is 7.48. The Bertz CT molecular complexity index is 1260. The molecule has 1 saturated carbocycles. The van der Waals surface area contributed by atoms with Gasteiger partial charge in [0.1, 0.15) is 16.9 Å². The number of rotatable bonds is 5. The number of fused-ring (bicyclic) bond motifs is 3. The fourth-order valence-corrected chi connectivity index (χ4v) is 5.48. The van der Waals surface area contributed by atoms with Gasteiger partial charge in [0.15, 0.2) is 5.69 Å². The largest absolute Gasteiger partial charge is 0.374 e. The Morgan fingerprint density at radius 2 is 2.03 bits per heavy atom. The maximum atomic E-state index is 13.8. The van der Waals surface area contributed by atoms with E-state index in [0.29, 0.717) is 23.6 Å². The number of alkyl halides is 2. The predicted molar refractivity (Wildman–Crippen MR) is 125 cm³/mol. The summed E-state index contributed by atoms with van der Waals surface area (Å²) in [6, 6.07) is 3.96. The van der Waals surface area contributed by atoms with Crippen molar-refractivity contribution >= 4 is 28.4 Å². The van der Waals surface area contributed by atoms with Crippen LogP contribution in [0.4, 0.5) is 20.3 Å². The molecule has 184 valence electrons. The molecule has 1 aliphatic carbocycles. The fraction of sp³-hybridized carbons (Fsp3) is 0.542. The van der Waals surface area contributed by atoms with Crippen molar-refractivity contribution in [2.75, 3.05) is 23.4 Å². The number of nitrogens with one attached hydrogen (secondary N) is 1. The summed E-state index contributed by atoms with van der Waals surface area (Å²) in [7, 11) is 0. The molecule has 0 spiro atoms. The number of pyridine rings is 1. The van der Waals surface area contributed by atoms with E-state index in [9.17, 15) is 13.6 Å². The number of halogens is 2. The van der Waals surface area contributed by atoms with Crippen molar-refractivity contribution in [3.8, 4) is 0 Å². The molecule has 35 heavy (non-hydrogen) atoms. The SMILES string of the molecule is CC1CCC(n2cc(NC(=O)c3cnnc4ccc(N5C[C@H]6CC5CO6)nc34)c(C(F)F)n2)CC1. The van der Waals surface area contributed by atoms with Gasteiger partial charge in [-0.05, 0) is 50.2 Å². The fourth-order valence-electron chi connectivity index (χ4n) is 5.48. The molecule has 2 aliphatic heterocycles. The van der Waals surface area contributed by atoms with E-state index in [0.717, 1.165) is 44.5 Å². The monoisotopic (exact) mass is 483 g/mol. The van der Waals surface area contributed by atoms with Gasteiger partial charge in [-0.2, -0.15) is 10.2 Å². The van der Waals surface area contributed by atoms with Gasteiger partial charge < -0.3 is 15.0 Å². The maximum absolute atomic E-state index is 13.8. The molecule has 2 saturated heterocycles. The summed E-state index contributed by atoms with van der Waals surface area (Å²) < 4.78 is 34.9. The highest BCUT2D eigenvalue weighted by Gasteiger charge is 2.39. The van der Waals surface area contributed by atoms with Gasteiger partial charge in [0.2, 0.25) is 0 Å². The van der Waals surface area contributed by atoms with Gasteiger partial charge in [0, 0.05) is 12.7 Å². The lowest BCUT2D eigenvalue weighted by atomic mass is 9.87.